The fraction of sp³-hybridized carbons (Fsp3) is 0.143. The minimum atomic E-state index is 0.861. The second kappa shape index (κ2) is 5.95. The van der Waals surface area contributed by atoms with Gasteiger partial charge in [0.25, 0.3) is 0 Å². The van der Waals surface area contributed by atoms with Crippen LogP contribution in [0.15, 0.2) is 58.8 Å². The van der Waals surface area contributed by atoms with Gasteiger partial charge in [-0.1, -0.05) is 12.1 Å². The van der Waals surface area contributed by atoms with Gasteiger partial charge in [-0.15, -0.1) is 5.11 Å². The molecule has 0 fully saturated rings. The molecule has 0 aliphatic carbocycles. The van der Waals surface area contributed by atoms with E-state index in [1.54, 1.807) is 0 Å². The Balaban J connectivity index is 2.17. The zero-order valence-electron chi connectivity index (χ0n) is 10.3. The summed E-state index contributed by atoms with van der Waals surface area (Å²) in [6.45, 7) is 0. The van der Waals surface area contributed by atoms with Crippen LogP contribution < -0.4 is 4.90 Å². The van der Waals surface area contributed by atoms with Crippen LogP contribution in [-0.4, -0.2) is 14.1 Å². The molecule has 2 aromatic rings. The maximum absolute atomic E-state index is 4.25. The zero-order chi connectivity index (χ0) is 13.0. The summed E-state index contributed by atoms with van der Waals surface area (Å²) < 4.78 is 1.10. The van der Waals surface area contributed by atoms with E-state index in [0.717, 1.165) is 20.6 Å². The molecule has 0 radical (unpaired) electrons. The van der Waals surface area contributed by atoms with E-state index in [0.29, 0.717) is 0 Å². The van der Waals surface area contributed by atoms with E-state index in [4.69, 9.17) is 0 Å². The van der Waals surface area contributed by atoms with Crippen molar-refractivity contribution in [3.05, 3.63) is 52.1 Å². The lowest BCUT2D eigenvalue weighted by atomic mass is 10.3. The van der Waals surface area contributed by atoms with Crippen molar-refractivity contribution in [3.63, 3.8) is 0 Å². The second-order valence-electron chi connectivity index (χ2n) is 4.06. The molecule has 0 bridgehead atoms. The molecule has 92 valence electrons. The largest absolute Gasteiger partial charge is 0.378 e. The number of rotatable bonds is 3. The highest BCUT2D eigenvalue weighted by molar-refractivity contribution is 14.1. The van der Waals surface area contributed by atoms with E-state index < -0.39 is 0 Å². The van der Waals surface area contributed by atoms with Crippen molar-refractivity contribution in [2.24, 2.45) is 10.2 Å². The monoisotopic (exact) mass is 351 g/mol. The highest BCUT2D eigenvalue weighted by Crippen LogP contribution is 2.24. The highest BCUT2D eigenvalue weighted by Gasteiger charge is 1.97. The fourth-order valence-electron chi connectivity index (χ4n) is 1.46. The van der Waals surface area contributed by atoms with Gasteiger partial charge in [0, 0.05) is 23.4 Å². The van der Waals surface area contributed by atoms with Crippen LogP contribution in [0.5, 0.6) is 0 Å². The minimum Gasteiger partial charge on any atom is -0.378 e. The SMILES string of the molecule is CN(C)c1ccc(N=Nc2ccccc2I)cc1. The van der Waals surface area contributed by atoms with Gasteiger partial charge in [0.15, 0.2) is 0 Å². The molecule has 0 atom stereocenters. The van der Waals surface area contributed by atoms with E-state index in [9.17, 15) is 0 Å². The van der Waals surface area contributed by atoms with Crippen LogP contribution in [0, 0.1) is 3.57 Å². The summed E-state index contributed by atoms with van der Waals surface area (Å²) in [5, 5.41) is 8.49. The van der Waals surface area contributed by atoms with E-state index in [-0.39, 0.29) is 0 Å². The Labute approximate surface area is 121 Å². The summed E-state index contributed by atoms with van der Waals surface area (Å²) in [6, 6.07) is 15.9. The number of hydrogen-bond donors (Lipinski definition) is 0. The lowest BCUT2D eigenvalue weighted by molar-refractivity contribution is 1.13. The number of nitrogens with zero attached hydrogens (tertiary/aromatic N) is 3. The third kappa shape index (κ3) is 3.29. The quantitative estimate of drug-likeness (QED) is 0.578. The molecule has 0 saturated carbocycles. The van der Waals surface area contributed by atoms with Gasteiger partial charge in [0.1, 0.15) is 0 Å². The number of anilines is 1. The van der Waals surface area contributed by atoms with E-state index in [1.807, 2.05) is 62.6 Å². The maximum atomic E-state index is 4.25. The Bertz CT molecular complexity index is 547. The van der Waals surface area contributed by atoms with Crippen LogP contribution in [0.3, 0.4) is 0 Å². The topological polar surface area (TPSA) is 28.0 Å². The predicted molar refractivity (Wildman–Crippen MR) is 84.1 cm³/mol. The Hall–Kier alpha value is -1.43. The van der Waals surface area contributed by atoms with E-state index >= 15 is 0 Å². The van der Waals surface area contributed by atoms with Gasteiger partial charge < -0.3 is 4.90 Å². The summed E-state index contributed by atoms with van der Waals surface area (Å²) in [7, 11) is 4.03. The zero-order valence-corrected chi connectivity index (χ0v) is 12.5. The molecule has 0 aromatic heterocycles. The van der Waals surface area contributed by atoms with Gasteiger partial charge in [-0.05, 0) is 59.0 Å². The smallest absolute Gasteiger partial charge is 0.0990 e. The highest BCUT2D eigenvalue weighted by atomic mass is 127. The Morgan fingerprint density at radius 2 is 1.56 bits per heavy atom. The van der Waals surface area contributed by atoms with Crippen LogP contribution >= 0.6 is 22.6 Å². The van der Waals surface area contributed by atoms with Crippen LogP contribution in [0.1, 0.15) is 0 Å². The van der Waals surface area contributed by atoms with Crippen molar-refractivity contribution in [3.8, 4) is 0 Å². The van der Waals surface area contributed by atoms with Gasteiger partial charge in [-0.2, -0.15) is 5.11 Å². The summed E-state index contributed by atoms with van der Waals surface area (Å²) in [4.78, 5) is 2.06. The Morgan fingerprint density at radius 1 is 0.889 bits per heavy atom. The lowest BCUT2D eigenvalue weighted by Crippen LogP contribution is -2.07. The molecule has 0 unspecified atom stereocenters. The Morgan fingerprint density at radius 3 is 2.17 bits per heavy atom. The van der Waals surface area contributed by atoms with Gasteiger partial charge in [0.05, 0.1) is 11.4 Å². The van der Waals surface area contributed by atoms with Crippen molar-refractivity contribution in [1.29, 1.82) is 0 Å². The van der Waals surface area contributed by atoms with E-state index in [2.05, 4.69) is 37.7 Å². The molecule has 2 aromatic carbocycles. The first-order valence-electron chi connectivity index (χ1n) is 5.60. The lowest BCUT2D eigenvalue weighted by Gasteiger charge is -2.11. The predicted octanol–water partition coefficient (Wildman–Crippen LogP) is 4.77. The van der Waals surface area contributed by atoms with Gasteiger partial charge >= 0.3 is 0 Å². The molecule has 0 amide bonds. The molecule has 0 heterocycles. The average molecular weight is 351 g/mol. The third-order valence-electron chi connectivity index (χ3n) is 2.49. The molecule has 4 heteroatoms. The molecule has 3 nitrogen and oxygen atoms in total. The molecule has 18 heavy (non-hydrogen) atoms. The number of benzene rings is 2. The first kappa shape index (κ1) is 13.0. The molecule has 2 rings (SSSR count). The van der Waals surface area contributed by atoms with Crippen molar-refractivity contribution < 1.29 is 0 Å². The second-order valence-corrected chi connectivity index (χ2v) is 5.22. The average Bonchev–Trinajstić information content (AvgIpc) is 2.38. The van der Waals surface area contributed by atoms with Crippen molar-refractivity contribution in [1.82, 2.24) is 0 Å². The van der Waals surface area contributed by atoms with Crippen LogP contribution in [-0.2, 0) is 0 Å². The van der Waals surface area contributed by atoms with Gasteiger partial charge in [-0.3, -0.25) is 0 Å². The minimum absolute atomic E-state index is 0.861. The summed E-state index contributed by atoms with van der Waals surface area (Å²) in [5.74, 6) is 0. The summed E-state index contributed by atoms with van der Waals surface area (Å²) >= 11 is 2.26. The van der Waals surface area contributed by atoms with Crippen molar-refractivity contribution in [2.75, 3.05) is 19.0 Å². The molecular formula is C14H14IN3. The van der Waals surface area contributed by atoms with Crippen LogP contribution in [0.4, 0.5) is 17.1 Å². The standard InChI is InChI=1S/C14H14IN3/c1-18(2)12-9-7-11(8-10-12)16-17-14-6-4-3-5-13(14)15/h3-10H,1-2H3. The Kier molecular flexibility index (Phi) is 4.30. The third-order valence-corrected chi connectivity index (χ3v) is 3.40. The van der Waals surface area contributed by atoms with Gasteiger partial charge in [0.2, 0.25) is 0 Å². The number of azo groups is 1. The first-order chi connectivity index (χ1) is 8.66. The maximum Gasteiger partial charge on any atom is 0.0990 e. The number of halogens is 1. The summed E-state index contributed by atoms with van der Waals surface area (Å²) in [5.41, 5.74) is 2.92. The molecule has 0 aliphatic rings. The van der Waals surface area contributed by atoms with E-state index in [1.165, 1.54) is 0 Å². The van der Waals surface area contributed by atoms with Crippen LogP contribution in [0.25, 0.3) is 0 Å². The van der Waals surface area contributed by atoms with Crippen molar-refractivity contribution >= 4 is 39.7 Å². The normalized spacial score (nSPS) is 10.8. The first-order valence-corrected chi connectivity index (χ1v) is 6.68. The summed E-state index contributed by atoms with van der Waals surface area (Å²) in [6.07, 6.45) is 0. The number of hydrogen-bond acceptors (Lipinski definition) is 3. The van der Waals surface area contributed by atoms with Gasteiger partial charge in [-0.25, -0.2) is 0 Å². The molecular weight excluding hydrogens is 337 g/mol. The van der Waals surface area contributed by atoms with Crippen LogP contribution in [0.2, 0.25) is 0 Å². The molecule has 0 spiro atoms. The fourth-order valence-corrected chi connectivity index (χ4v) is 1.96. The molecule has 0 N–H and O–H groups in total. The van der Waals surface area contributed by atoms with Crippen molar-refractivity contribution in [2.45, 2.75) is 0 Å². The molecule has 0 aliphatic heterocycles. The molecule has 0 saturated heterocycles.